The van der Waals surface area contributed by atoms with E-state index in [4.69, 9.17) is 4.74 Å². The van der Waals surface area contributed by atoms with Crippen LogP contribution >= 0.6 is 0 Å². The van der Waals surface area contributed by atoms with Crippen LogP contribution in [0.1, 0.15) is 72.1 Å². The predicted molar refractivity (Wildman–Crippen MR) is 98.4 cm³/mol. The van der Waals surface area contributed by atoms with Crippen LogP contribution in [0.2, 0.25) is 0 Å². The van der Waals surface area contributed by atoms with Gasteiger partial charge in [-0.3, -0.25) is 9.59 Å². The van der Waals surface area contributed by atoms with Crippen molar-refractivity contribution in [3.8, 4) is 0 Å². The lowest BCUT2D eigenvalue weighted by Gasteiger charge is -2.63. The maximum atomic E-state index is 12.2. The average Bonchev–Trinajstić information content (AvgIpc) is 2.75. The number of carbonyl (C=O) groups excluding carboxylic acids is 1. The Morgan fingerprint density at radius 3 is 2.50 bits per heavy atom. The summed E-state index contributed by atoms with van der Waals surface area (Å²) >= 11 is 0. The van der Waals surface area contributed by atoms with Crippen molar-refractivity contribution >= 4 is 11.9 Å². The molecule has 4 heteroatoms. The molecule has 1 spiro atoms. The van der Waals surface area contributed by atoms with Gasteiger partial charge in [0.25, 0.3) is 0 Å². The van der Waals surface area contributed by atoms with E-state index in [1.54, 1.807) is 0 Å². The van der Waals surface area contributed by atoms with Crippen LogP contribution in [0.3, 0.4) is 0 Å². The summed E-state index contributed by atoms with van der Waals surface area (Å²) in [5.74, 6) is 0.242. The van der Waals surface area contributed by atoms with Crippen LogP contribution in [0.15, 0.2) is 12.2 Å². The molecule has 0 aromatic heterocycles. The number of rotatable bonds is 2. The summed E-state index contributed by atoms with van der Waals surface area (Å²) < 4.78 is 5.87. The standard InChI is InChI=1S/C22H32O4/c1-13-15-6-7-17-20(3)9-5-10-21(4,19(24)25)16(20)8-11-22(17,12-15)18(13)26-14(2)23/h15-18H,1,5-12H2,2-4H3,(H,24,25)/t15?,16?,17?,18-,20?,21?,22?/m1/s1. The van der Waals surface area contributed by atoms with E-state index in [0.717, 1.165) is 56.9 Å². The Morgan fingerprint density at radius 2 is 1.85 bits per heavy atom. The molecule has 4 aliphatic carbocycles. The van der Waals surface area contributed by atoms with Gasteiger partial charge in [0.1, 0.15) is 6.10 Å². The minimum absolute atomic E-state index is 0.0115. The molecule has 0 radical (unpaired) electrons. The summed E-state index contributed by atoms with van der Waals surface area (Å²) in [7, 11) is 0. The Kier molecular flexibility index (Phi) is 3.88. The number of hydrogen-bond acceptors (Lipinski definition) is 3. The van der Waals surface area contributed by atoms with Crippen molar-refractivity contribution in [1.82, 2.24) is 0 Å². The summed E-state index contributed by atoms with van der Waals surface area (Å²) in [4.78, 5) is 24.0. The highest BCUT2D eigenvalue weighted by Gasteiger charge is 2.68. The van der Waals surface area contributed by atoms with E-state index in [9.17, 15) is 14.7 Å². The number of ether oxygens (including phenoxy) is 1. The van der Waals surface area contributed by atoms with Gasteiger partial charge in [-0.2, -0.15) is 0 Å². The Balaban J connectivity index is 1.77. The van der Waals surface area contributed by atoms with E-state index in [1.165, 1.54) is 6.92 Å². The van der Waals surface area contributed by atoms with Gasteiger partial charge in [0, 0.05) is 12.3 Å². The van der Waals surface area contributed by atoms with Crippen LogP contribution in [0.25, 0.3) is 0 Å². The molecule has 4 fully saturated rings. The molecule has 0 saturated heterocycles. The molecule has 26 heavy (non-hydrogen) atoms. The fourth-order valence-corrected chi connectivity index (χ4v) is 7.95. The van der Waals surface area contributed by atoms with Crippen LogP contribution in [0.5, 0.6) is 0 Å². The van der Waals surface area contributed by atoms with Gasteiger partial charge in [-0.15, -0.1) is 0 Å². The van der Waals surface area contributed by atoms with E-state index >= 15 is 0 Å². The van der Waals surface area contributed by atoms with Crippen molar-refractivity contribution in [3.63, 3.8) is 0 Å². The summed E-state index contributed by atoms with van der Waals surface area (Å²) in [6.07, 6.45) is 7.86. The molecule has 1 N–H and O–H groups in total. The van der Waals surface area contributed by atoms with Gasteiger partial charge in [-0.05, 0) is 80.6 Å². The maximum Gasteiger partial charge on any atom is 0.309 e. The highest BCUT2D eigenvalue weighted by atomic mass is 16.5. The normalized spacial score (nSPS) is 49.9. The van der Waals surface area contributed by atoms with E-state index in [0.29, 0.717) is 11.8 Å². The van der Waals surface area contributed by atoms with Gasteiger partial charge in [0.2, 0.25) is 0 Å². The fourth-order valence-electron chi connectivity index (χ4n) is 7.95. The molecule has 144 valence electrons. The quantitative estimate of drug-likeness (QED) is 0.578. The average molecular weight is 360 g/mol. The summed E-state index contributed by atoms with van der Waals surface area (Å²) in [6, 6.07) is 0. The number of carboxylic acid groups (broad SMARTS) is 1. The van der Waals surface area contributed by atoms with E-state index in [1.807, 2.05) is 6.92 Å². The summed E-state index contributed by atoms with van der Waals surface area (Å²) in [5.41, 5.74) is 0.477. The number of carboxylic acids is 1. The van der Waals surface area contributed by atoms with Gasteiger partial charge in [0.05, 0.1) is 5.41 Å². The Labute approximate surface area is 156 Å². The van der Waals surface area contributed by atoms with Crippen molar-refractivity contribution in [2.24, 2.45) is 34.0 Å². The Bertz CT molecular complexity index is 669. The van der Waals surface area contributed by atoms with Crippen molar-refractivity contribution in [2.45, 2.75) is 78.2 Å². The summed E-state index contributed by atoms with van der Waals surface area (Å²) in [6.45, 7) is 10.1. The Morgan fingerprint density at radius 1 is 1.12 bits per heavy atom. The van der Waals surface area contributed by atoms with Gasteiger partial charge < -0.3 is 9.84 Å². The molecule has 0 aromatic rings. The molecule has 4 saturated carbocycles. The van der Waals surface area contributed by atoms with Crippen molar-refractivity contribution < 1.29 is 19.4 Å². The van der Waals surface area contributed by atoms with Gasteiger partial charge in [-0.25, -0.2) is 0 Å². The van der Waals surface area contributed by atoms with E-state index in [-0.39, 0.29) is 28.8 Å². The Hall–Kier alpha value is -1.32. The second-order valence-electron chi connectivity index (χ2n) is 10.0. The minimum Gasteiger partial charge on any atom is -0.481 e. The van der Waals surface area contributed by atoms with Crippen LogP contribution in [-0.4, -0.2) is 23.1 Å². The van der Waals surface area contributed by atoms with E-state index < -0.39 is 11.4 Å². The highest BCUT2D eigenvalue weighted by Crippen LogP contribution is 2.72. The number of esters is 1. The smallest absolute Gasteiger partial charge is 0.309 e. The van der Waals surface area contributed by atoms with Crippen LogP contribution in [-0.2, 0) is 14.3 Å². The number of hydrogen-bond donors (Lipinski definition) is 1. The number of aliphatic carboxylic acids is 1. The molecule has 6 unspecified atom stereocenters. The fraction of sp³-hybridized carbons (Fsp3) is 0.818. The molecule has 2 bridgehead atoms. The lowest BCUT2D eigenvalue weighted by molar-refractivity contribution is -0.195. The first-order valence-electron chi connectivity index (χ1n) is 10.2. The van der Waals surface area contributed by atoms with Crippen molar-refractivity contribution in [3.05, 3.63) is 12.2 Å². The second-order valence-corrected chi connectivity index (χ2v) is 10.0. The van der Waals surface area contributed by atoms with Crippen molar-refractivity contribution in [1.29, 1.82) is 0 Å². The first-order valence-corrected chi connectivity index (χ1v) is 10.2. The predicted octanol–water partition coefficient (Wildman–Crippen LogP) is 4.58. The third kappa shape index (κ3) is 2.13. The molecule has 4 nitrogen and oxygen atoms in total. The number of fused-ring (bicyclic) bond motifs is 3. The zero-order valence-electron chi connectivity index (χ0n) is 16.3. The second kappa shape index (κ2) is 5.59. The first-order chi connectivity index (χ1) is 12.1. The molecule has 0 aliphatic heterocycles. The zero-order chi connectivity index (χ0) is 18.9. The van der Waals surface area contributed by atoms with Gasteiger partial charge in [-0.1, -0.05) is 19.9 Å². The molecule has 0 aromatic carbocycles. The monoisotopic (exact) mass is 360 g/mol. The van der Waals surface area contributed by atoms with Crippen molar-refractivity contribution in [2.75, 3.05) is 0 Å². The minimum atomic E-state index is -0.634. The topological polar surface area (TPSA) is 63.6 Å². The maximum absolute atomic E-state index is 12.2. The largest absolute Gasteiger partial charge is 0.481 e. The molecular weight excluding hydrogens is 328 g/mol. The molecule has 4 aliphatic rings. The summed E-state index contributed by atoms with van der Waals surface area (Å²) in [5, 5.41) is 10.0. The van der Waals surface area contributed by atoms with Crippen LogP contribution < -0.4 is 0 Å². The highest BCUT2D eigenvalue weighted by molar-refractivity contribution is 5.75. The van der Waals surface area contributed by atoms with E-state index in [2.05, 4.69) is 13.5 Å². The molecule has 4 rings (SSSR count). The molecular formula is C22H32O4. The third-order valence-electron chi connectivity index (χ3n) is 8.95. The van der Waals surface area contributed by atoms with Gasteiger partial charge >= 0.3 is 11.9 Å². The zero-order valence-corrected chi connectivity index (χ0v) is 16.3. The van der Waals surface area contributed by atoms with Gasteiger partial charge in [0.15, 0.2) is 0 Å². The van der Waals surface area contributed by atoms with Crippen LogP contribution in [0, 0.1) is 34.0 Å². The lowest BCUT2D eigenvalue weighted by atomic mass is 9.40. The van der Waals surface area contributed by atoms with Crippen LogP contribution in [0.4, 0.5) is 0 Å². The molecule has 0 heterocycles. The third-order valence-corrected chi connectivity index (χ3v) is 8.95. The number of carbonyl (C=O) groups is 2. The molecule has 7 atom stereocenters. The molecule has 0 amide bonds. The SMILES string of the molecule is C=C1C2CCC3C4(C)CCCC(C)(C(=O)O)C4CCC3(C2)[C@@H]1OC(C)=O. The first kappa shape index (κ1) is 18.1. The lowest BCUT2D eigenvalue weighted by Crippen LogP contribution is -2.60.